The predicted octanol–water partition coefficient (Wildman–Crippen LogP) is -0.818. The number of piperazine rings is 1. The molecule has 156 valence electrons. The van der Waals surface area contributed by atoms with Gasteiger partial charge in [-0.3, -0.25) is 4.79 Å². The first-order chi connectivity index (χ1) is 12.8. The average molecular weight is 406 g/mol. The van der Waals surface area contributed by atoms with Gasteiger partial charge < -0.3 is 20.3 Å². The summed E-state index contributed by atoms with van der Waals surface area (Å²) >= 11 is 0. The Kier molecular flexibility index (Phi) is 8.27. The van der Waals surface area contributed by atoms with Crippen molar-refractivity contribution in [2.24, 2.45) is 11.7 Å². The topological polar surface area (TPSA) is 125 Å². The van der Waals surface area contributed by atoms with Crippen LogP contribution in [0.25, 0.3) is 0 Å². The summed E-state index contributed by atoms with van der Waals surface area (Å²) in [5.74, 6) is -0.367. The highest BCUT2D eigenvalue weighted by Crippen LogP contribution is 2.16. The van der Waals surface area contributed by atoms with Gasteiger partial charge in [-0.1, -0.05) is 0 Å². The Labute approximate surface area is 161 Å². The molecule has 0 saturated carbocycles. The van der Waals surface area contributed by atoms with Crippen LogP contribution in [0.4, 0.5) is 4.79 Å². The van der Waals surface area contributed by atoms with Crippen LogP contribution in [0.5, 0.6) is 0 Å². The fourth-order valence-electron chi connectivity index (χ4n) is 3.41. The molecule has 2 aliphatic heterocycles. The van der Waals surface area contributed by atoms with Gasteiger partial charge in [-0.15, -0.1) is 0 Å². The van der Waals surface area contributed by atoms with Crippen LogP contribution in [0.1, 0.15) is 26.2 Å². The molecule has 2 aliphatic rings. The summed E-state index contributed by atoms with van der Waals surface area (Å²) in [6.45, 7) is 5.80. The van der Waals surface area contributed by atoms with E-state index >= 15 is 0 Å². The van der Waals surface area contributed by atoms with Crippen molar-refractivity contribution in [2.75, 3.05) is 59.0 Å². The number of primary amides is 1. The summed E-state index contributed by atoms with van der Waals surface area (Å²) in [6.07, 6.45) is 2.02. The van der Waals surface area contributed by atoms with Gasteiger partial charge in [0.1, 0.15) is 0 Å². The molecule has 2 fully saturated rings. The lowest BCUT2D eigenvalue weighted by atomic mass is 9.97. The monoisotopic (exact) mass is 405 g/mol. The molecule has 27 heavy (non-hydrogen) atoms. The molecule has 11 heteroatoms. The summed E-state index contributed by atoms with van der Waals surface area (Å²) in [7, 11) is -3.56. The van der Waals surface area contributed by atoms with Crippen molar-refractivity contribution in [3.63, 3.8) is 0 Å². The number of amides is 2. The molecule has 0 bridgehead atoms. The van der Waals surface area contributed by atoms with Gasteiger partial charge in [0.05, 0.1) is 12.5 Å². The number of likely N-dealkylation sites (tertiary alicyclic amines) is 1. The zero-order chi connectivity index (χ0) is 19.9. The van der Waals surface area contributed by atoms with Crippen molar-refractivity contribution in [1.29, 1.82) is 0 Å². The number of nitrogens with zero attached hydrogens (tertiary/aromatic N) is 3. The van der Waals surface area contributed by atoms with Gasteiger partial charge in [0.15, 0.2) is 0 Å². The second-order valence-electron chi connectivity index (χ2n) is 6.88. The Balaban J connectivity index is 1.68. The lowest BCUT2D eigenvalue weighted by molar-refractivity contribution is -0.123. The van der Waals surface area contributed by atoms with Crippen molar-refractivity contribution in [3.05, 3.63) is 0 Å². The number of hydrogen-bond acceptors (Lipinski definition) is 6. The number of nitrogens with one attached hydrogen (secondary N) is 1. The SMILES string of the molecule is CCOC(=O)N1CCN(S(=O)(=O)NCCCN2CCCC(C(N)=O)C2)CC1. The molecular formula is C16H31N5O5S. The normalized spacial score (nSPS) is 22.6. The van der Waals surface area contributed by atoms with Crippen molar-refractivity contribution in [2.45, 2.75) is 26.2 Å². The van der Waals surface area contributed by atoms with Crippen LogP contribution < -0.4 is 10.5 Å². The zero-order valence-corrected chi connectivity index (χ0v) is 16.7. The van der Waals surface area contributed by atoms with E-state index in [4.69, 9.17) is 10.5 Å². The minimum atomic E-state index is -3.56. The number of piperidine rings is 1. The molecule has 0 aliphatic carbocycles. The van der Waals surface area contributed by atoms with Crippen LogP contribution in [0.3, 0.4) is 0 Å². The van der Waals surface area contributed by atoms with E-state index in [1.165, 1.54) is 9.21 Å². The van der Waals surface area contributed by atoms with Crippen molar-refractivity contribution in [3.8, 4) is 0 Å². The molecule has 2 amide bonds. The number of hydrogen-bond donors (Lipinski definition) is 2. The summed E-state index contributed by atoms with van der Waals surface area (Å²) in [5, 5.41) is 0. The first-order valence-corrected chi connectivity index (χ1v) is 11.0. The van der Waals surface area contributed by atoms with E-state index in [9.17, 15) is 18.0 Å². The van der Waals surface area contributed by atoms with Crippen LogP contribution in [0.2, 0.25) is 0 Å². The van der Waals surface area contributed by atoms with Gasteiger partial charge in [0, 0.05) is 39.3 Å². The van der Waals surface area contributed by atoms with Gasteiger partial charge in [0.25, 0.3) is 10.2 Å². The zero-order valence-electron chi connectivity index (χ0n) is 15.9. The van der Waals surface area contributed by atoms with Crippen molar-refractivity contribution < 1.29 is 22.7 Å². The minimum Gasteiger partial charge on any atom is -0.450 e. The maximum atomic E-state index is 12.4. The number of ether oxygens (including phenoxy) is 1. The van der Waals surface area contributed by atoms with Gasteiger partial charge in [-0.2, -0.15) is 12.7 Å². The van der Waals surface area contributed by atoms with Crippen LogP contribution in [-0.4, -0.2) is 93.5 Å². The van der Waals surface area contributed by atoms with Crippen molar-refractivity contribution in [1.82, 2.24) is 18.8 Å². The minimum absolute atomic E-state index is 0.105. The molecule has 0 aromatic carbocycles. The number of carbonyl (C=O) groups is 2. The summed E-state index contributed by atoms with van der Waals surface area (Å²) in [4.78, 5) is 26.6. The molecule has 0 radical (unpaired) electrons. The predicted molar refractivity (Wildman–Crippen MR) is 100 cm³/mol. The second-order valence-corrected chi connectivity index (χ2v) is 8.64. The third kappa shape index (κ3) is 6.59. The van der Waals surface area contributed by atoms with Crippen LogP contribution in [0.15, 0.2) is 0 Å². The highest BCUT2D eigenvalue weighted by Gasteiger charge is 2.29. The van der Waals surface area contributed by atoms with Crippen molar-refractivity contribution >= 4 is 22.2 Å². The summed E-state index contributed by atoms with van der Waals surface area (Å²) in [6, 6.07) is 0. The van der Waals surface area contributed by atoms with Crippen LogP contribution in [0, 0.1) is 5.92 Å². The largest absolute Gasteiger partial charge is 0.450 e. The van der Waals surface area contributed by atoms with Gasteiger partial charge in [0.2, 0.25) is 5.91 Å². The van der Waals surface area contributed by atoms with E-state index in [-0.39, 0.29) is 24.9 Å². The third-order valence-corrected chi connectivity index (χ3v) is 6.56. The van der Waals surface area contributed by atoms with Crippen LogP contribution in [-0.2, 0) is 19.7 Å². The first kappa shape index (κ1) is 21.9. The fourth-order valence-corrected chi connectivity index (χ4v) is 4.64. The first-order valence-electron chi connectivity index (χ1n) is 9.51. The maximum absolute atomic E-state index is 12.4. The quantitative estimate of drug-likeness (QED) is 0.509. The molecule has 0 spiro atoms. The van der Waals surface area contributed by atoms with E-state index in [1.807, 2.05) is 0 Å². The van der Waals surface area contributed by atoms with E-state index < -0.39 is 16.3 Å². The Bertz CT molecular complexity index is 606. The van der Waals surface area contributed by atoms with E-state index in [1.54, 1.807) is 6.92 Å². The van der Waals surface area contributed by atoms with E-state index in [0.717, 1.165) is 25.9 Å². The van der Waals surface area contributed by atoms with E-state index in [2.05, 4.69) is 9.62 Å². The molecule has 2 rings (SSSR count). The fraction of sp³-hybridized carbons (Fsp3) is 0.875. The molecule has 0 aromatic heterocycles. The average Bonchev–Trinajstić information content (AvgIpc) is 2.66. The van der Waals surface area contributed by atoms with Crippen LogP contribution >= 0.6 is 0 Å². The van der Waals surface area contributed by atoms with Gasteiger partial charge >= 0.3 is 6.09 Å². The second kappa shape index (κ2) is 10.2. The lowest BCUT2D eigenvalue weighted by Gasteiger charge is -2.33. The Morgan fingerprint density at radius 1 is 1.19 bits per heavy atom. The molecule has 0 aromatic rings. The van der Waals surface area contributed by atoms with Gasteiger partial charge in [-0.05, 0) is 39.3 Å². The highest BCUT2D eigenvalue weighted by atomic mass is 32.2. The Morgan fingerprint density at radius 2 is 1.89 bits per heavy atom. The number of carbonyl (C=O) groups excluding carboxylic acids is 2. The Morgan fingerprint density at radius 3 is 2.52 bits per heavy atom. The standard InChI is InChI=1S/C16H31N5O5S/c1-2-26-16(23)20-9-11-21(12-10-20)27(24,25)18-6-4-8-19-7-3-5-14(13-19)15(17)22/h14,18H,2-13H2,1H3,(H2,17,22). The molecule has 2 saturated heterocycles. The summed E-state index contributed by atoms with van der Waals surface area (Å²) < 4.78 is 33.7. The molecule has 2 heterocycles. The molecular weight excluding hydrogens is 374 g/mol. The summed E-state index contributed by atoms with van der Waals surface area (Å²) in [5.41, 5.74) is 5.37. The smallest absolute Gasteiger partial charge is 0.409 e. The molecule has 10 nitrogen and oxygen atoms in total. The number of nitrogens with two attached hydrogens (primary N) is 1. The lowest BCUT2D eigenvalue weighted by Crippen LogP contribution is -2.53. The van der Waals surface area contributed by atoms with E-state index in [0.29, 0.717) is 39.2 Å². The molecule has 1 atom stereocenters. The molecule has 3 N–H and O–H groups in total. The third-order valence-electron chi connectivity index (χ3n) is 4.95. The maximum Gasteiger partial charge on any atom is 0.409 e. The van der Waals surface area contributed by atoms with Gasteiger partial charge in [-0.25, -0.2) is 9.52 Å². The molecule has 1 unspecified atom stereocenters. The number of rotatable bonds is 8. The highest BCUT2D eigenvalue weighted by molar-refractivity contribution is 7.87. The Hall–Kier alpha value is -1.43.